The first-order valence-corrected chi connectivity index (χ1v) is 8.01. The zero-order valence-electron chi connectivity index (χ0n) is 10.0. The van der Waals surface area contributed by atoms with Crippen LogP contribution in [-0.4, -0.2) is 32.4 Å². The summed E-state index contributed by atoms with van der Waals surface area (Å²) in [4.78, 5) is 11.8. The highest BCUT2D eigenvalue weighted by Crippen LogP contribution is 2.20. The summed E-state index contributed by atoms with van der Waals surface area (Å²) >= 11 is 5.77. The Kier molecular flexibility index (Phi) is 4.10. The minimum Gasteiger partial charge on any atom is -0.352 e. The summed E-state index contributed by atoms with van der Waals surface area (Å²) < 4.78 is 36.0. The third-order valence-electron chi connectivity index (χ3n) is 3.07. The molecule has 1 N–H and O–H groups in total. The van der Waals surface area contributed by atoms with E-state index in [1.54, 1.807) is 0 Å². The Balaban J connectivity index is 1.99. The predicted octanol–water partition coefficient (Wildman–Crippen LogP) is 1.64. The van der Waals surface area contributed by atoms with Gasteiger partial charge >= 0.3 is 0 Å². The number of nitrogens with one attached hydrogen (secondary N) is 1. The van der Waals surface area contributed by atoms with Gasteiger partial charge in [-0.3, -0.25) is 4.79 Å². The lowest BCUT2D eigenvalue weighted by Gasteiger charge is -2.11. The number of rotatable bonds is 3. The molecular weight excluding hydrogens is 293 g/mol. The number of sulfone groups is 1. The standard InChI is InChI=1S/C12H13ClFNO3S/c13-9-2-1-3-10(14)11(9)12(16)15-6-8-4-5-19(17,18)7-8/h1-3,8H,4-7H2,(H,15,16)/t8-/m1/s1. The molecule has 2 rings (SSSR count). The highest BCUT2D eigenvalue weighted by molar-refractivity contribution is 7.91. The lowest BCUT2D eigenvalue weighted by atomic mass is 10.1. The summed E-state index contributed by atoms with van der Waals surface area (Å²) in [5, 5.41) is 2.57. The zero-order chi connectivity index (χ0) is 14.0. The fourth-order valence-electron chi connectivity index (χ4n) is 2.07. The highest BCUT2D eigenvalue weighted by Gasteiger charge is 2.28. The van der Waals surface area contributed by atoms with Crippen molar-refractivity contribution in [2.24, 2.45) is 5.92 Å². The normalized spacial score (nSPS) is 21.3. The summed E-state index contributed by atoms with van der Waals surface area (Å²) in [6.07, 6.45) is 0.521. The predicted molar refractivity (Wildman–Crippen MR) is 70.5 cm³/mol. The van der Waals surface area contributed by atoms with Crippen LogP contribution in [0.5, 0.6) is 0 Å². The fraction of sp³-hybridized carbons (Fsp3) is 0.417. The molecule has 1 saturated heterocycles. The van der Waals surface area contributed by atoms with E-state index in [0.717, 1.165) is 6.07 Å². The van der Waals surface area contributed by atoms with Crippen molar-refractivity contribution in [1.29, 1.82) is 0 Å². The zero-order valence-corrected chi connectivity index (χ0v) is 11.6. The molecule has 19 heavy (non-hydrogen) atoms. The molecule has 0 aliphatic carbocycles. The van der Waals surface area contributed by atoms with Crippen molar-refractivity contribution in [2.75, 3.05) is 18.1 Å². The quantitative estimate of drug-likeness (QED) is 0.923. The molecule has 1 aromatic rings. The number of carbonyl (C=O) groups is 1. The summed E-state index contributed by atoms with van der Waals surface area (Å²) in [5.74, 6) is -1.21. The maximum absolute atomic E-state index is 13.5. The Morgan fingerprint density at radius 2 is 2.21 bits per heavy atom. The molecule has 1 aromatic carbocycles. The summed E-state index contributed by atoms with van der Waals surface area (Å²) in [7, 11) is -2.98. The van der Waals surface area contributed by atoms with Crippen molar-refractivity contribution >= 4 is 27.3 Å². The first kappa shape index (κ1) is 14.3. The van der Waals surface area contributed by atoms with E-state index in [-0.39, 0.29) is 34.6 Å². The summed E-state index contributed by atoms with van der Waals surface area (Å²) in [6, 6.07) is 4.00. The monoisotopic (exact) mass is 305 g/mol. The molecule has 1 aliphatic heterocycles. The lowest BCUT2D eigenvalue weighted by Crippen LogP contribution is -2.30. The van der Waals surface area contributed by atoms with E-state index in [1.165, 1.54) is 12.1 Å². The molecule has 7 heteroatoms. The van der Waals surface area contributed by atoms with Gasteiger partial charge in [0, 0.05) is 6.54 Å². The van der Waals surface area contributed by atoms with Crippen LogP contribution >= 0.6 is 11.6 Å². The molecule has 0 bridgehead atoms. The number of hydrogen-bond donors (Lipinski definition) is 1. The SMILES string of the molecule is O=C(NC[C@H]1CCS(=O)(=O)C1)c1c(F)cccc1Cl. The Labute approximate surface area is 115 Å². The Morgan fingerprint density at radius 1 is 1.47 bits per heavy atom. The number of hydrogen-bond acceptors (Lipinski definition) is 3. The Morgan fingerprint density at radius 3 is 2.79 bits per heavy atom. The molecule has 1 fully saturated rings. The van der Waals surface area contributed by atoms with Gasteiger partial charge in [-0.2, -0.15) is 0 Å². The van der Waals surface area contributed by atoms with Gasteiger partial charge in [-0.1, -0.05) is 17.7 Å². The Hall–Kier alpha value is -1.14. The van der Waals surface area contributed by atoms with E-state index in [1.807, 2.05) is 0 Å². The molecule has 0 unspecified atom stereocenters. The average Bonchev–Trinajstić information content (AvgIpc) is 2.66. The highest BCUT2D eigenvalue weighted by atomic mass is 35.5. The molecule has 0 spiro atoms. The van der Waals surface area contributed by atoms with Gasteiger partial charge in [0.15, 0.2) is 9.84 Å². The maximum Gasteiger partial charge on any atom is 0.255 e. The number of halogens is 2. The van der Waals surface area contributed by atoms with E-state index in [9.17, 15) is 17.6 Å². The maximum atomic E-state index is 13.5. The van der Waals surface area contributed by atoms with Crippen LogP contribution < -0.4 is 5.32 Å². The smallest absolute Gasteiger partial charge is 0.255 e. The van der Waals surface area contributed by atoms with Gasteiger partial charge in [0.1, 0.15) is 5.82 Å². The topological polar surface area (TPSA) is 63.2 Å². The van der Waals surface area contributed by atoms with Gasteiger partial charge in [0.25, 0.3) is 5.91 Å². The third-order valence-corrected chi connectivity index (χ3v) is 5.22. The molecule has 4 nitrogen and oxygen atoms in total. The minimum absolute atomic E-state index is 0.0385. The lowest BCUT2D eigenvalue weighted by molar-refractivity contribution is 0.0944. The van der Waals surface area contributed by atoms with E-state index >= 15 is 0 Å². The number of amides is 1. The summed E-state index contributed by atoms with van der Waals surface area (Å²) in [6.45, 7) is 0.211. The van der Waals surface area contributed by atoms with Crippen molar-refractivity contribution in [1.82, 2.24) is 5.32 Å². The van der Waals surface area contributed by atoms with E-state index in [0.29, 0.717) is 6.42 Å². The van der Waals surface area contributed by atoms with Crippen molar-refractivity contribution in [3.05, 3.63) is 34.6 Å². The molecule has 1 heterocycles. The third kappa shape index (κ3) is 3.45. The second-order valence-electron chi connectivity index (χ2n) is 4.58. The van der Waals surface area contributed by atoms with Crippen molar-refractivity contribution in [2.45, 2.75) is 6.42 Å². The molecule has 0 aromatic heterocycles. The second-order valence-corrected chi connectivity index (χ2v) is 7.21. The average molecular weight is 306 g/mol. The van der Waals surface area contributed by atoms with Crippen LogP contribution in [-0.2, 0) is 9.84 Å². The van der Waals surface area contributed by atoms with E-state index < -0.39 is 21.6 Å². The van der Waals surface area contributed by atoms with Crippen LogP contribution in [0.1, 0.15) is 16.8 Å². The van der Waals surface area contributed by atoms with Crippen molar-refractivity contribution < 1.29 is 17.6 Å². The van der Waals surface area contributed by atoms with Gasteiger partial charge in [0.2, 0.25) is 0 Å². The van der Waals surface area contributed by atoms with E-state index in [4.69, 9.17) is 11.6 Å². The molecule has 1 amide bonds. The van der Waals surface area contributed by atoms with E-state index in [2.05, 4.69) is 5.32 Å². The Bertz CT molecular complexity index is 583. The molecule has 0 radical (unpaired) electrons. The van der Waals surface area contributed by atoms with Gasteiger partial charge in [-0.15, -0.1) is 0 Å². The van der Waals surface area contributed by atoms with Crippen molar-refractivity contribution in [3.63, 3.8) is 0 Å². The largest absolute Gasteiger partial charge is 0.352 e. The molecule has 104 valence electrons. The number of carbonyl (C=O) groups excluding carboxylic acids is 1. The molecule has 1 aliphatic rings. The first-order chi connectivity index (χ1) is 8.89. The van der Waals surface area contributed by atoms with Crippen molar-refractivity contribution in [3.8, 4) is 0 Å². The molecular formula is C12H13ClFNO3S. The van der Waals surface area contributed by atoms with Gasteiger partial charge in [-0.25, -0.2) is 12.8 Å². The van der Waals surface area contributed by atoms with Crippen LogP contribution in [0.2, 0.25) is 5.02 Å². The van der Waals surface area contributed by atoms with Gasteiger partial charge in [0.05, 0.1) is 22.1 Å². The molecule has 0 saturated carbocycles. The molecule has 1 atom stereocenters. The fourth-order valence-corrected chi connectivity index (χ4v) is 4.18. The minimum atomic E-state index is -2.98. The second kappa shape index (κ2) is 5.46. The first-order valence-electron chi connectivity index (χ1n) is 5.82. The number of benzene rings is 1. The van der Waals surface area contributed by atoms with Gasteiger partial charge < -0.3 is 5.32 Å². The van der Waals surface area contributed by atoms with Crippen LogP contribution in [0, 0.1) is 11.7 Å². The van der Waals surface area contributed by atoms with Crippen LogP contribution in [0.15, 0.2) is 18.2 Å². The van der Waals surface area contributed by atoms with Crippen LogP contribution in [0.25, 0.3) is 0 Å². The summed E-state index contributed by atoms with van der Waals surface area (Å²) in [5.41, 5.74) is -0.204. The van der Waals surface area contributed by atoms with Gasteiger partial charge in [-0.05, 0) is 24.5 Å². The van der Waals surface area contributed by atoms with Crippen LogP contribution in [0.3, 0.4) is 0 Å². The van der Waals surface area contributed by atoms with Crippen LogP contribution in [0.4, 0.5) is 4.39 Å².